The summed E-state index contributed by atoms with van der Waals surface area (Å²) in [5, 5.41) is 3.18. The highest BCUT2D eigenvalue weighted by molar-refractivity contribution is 6.31. The van der Waals surface area contributed by atoms with Gasteiger partial charge in [-0.25, -0.2) is 0 Å². The van der Waals surface area contributed by atoms with Crippen LogP contribution in [0.3, 0.4) is 0 Å². The third kappa shape index (κ3) is 4.95. The highest BCUT2D eigenvalue weighted by atomic mass is 35.5. The molecule has 1 N–H and O–H groups in total. The smallest absolute Gasteiger partial charge is 0.311 e. The quantitative estimate of drug-likeness (QED) is 0.730. The van der Waals surface area contributed by atoms with E-state index in [4.69, 9.17) is 16.3 Å². The topological polar surface area (TPSA) is 75.7 Å². The molecule has 152 valence electrons. The van der Waals surface area contributed by atoms with Crippen LogP contribution < -0.4 is 10.2 Å². The van der Waals surface area contributed by atoms with Crippen molar-refractivity contribution in [3.8, 4) is 0 Å². The van der Waals surface area contributed by atoms with E-state index >= 15 is 0 Å². The molecular formula is C22H23ClN2O4. The molecule has 0 radical (unpaired) electrons. The van der Waals surface area contributed by atoms with Gasteiger partial charge in [0.1, 0.15) is 0 Å². The highest BCUT2D eigenvalue weighted by Gasteiger charge is 2.37. The summed E-state index contributed by atoms with van der Waals surface area (Å²) in [6.45, 7) is 3.72. The van der Waals surface area contributed by atoms with Gasteiger partial charge in [-0.15, -0.1) is 0 Å². The number of nitrogens with zero attached hydrogens (tertiary/aromatic N) is 1. The monoisotopic (exact) mass is 414 g/mol. The fraction of sp³-hybridized carbons (Fsp3) is 0.318. The molecule has 0 aromatic heterocycles. The third-order valence-corrected chi connectivity index (χ3v) is 5.33. The number of anilines is 2. The van der Waals surface area contributed by atoms with Crippen LogP contribution >= 0.6 is 11.6 Å². The molecule has 2 amide bonds. The molecule has 1 heterocycles. The summed E-state index contributed by atoms with van der Waals surface area (Å²) < 4.78 is 5.14. The van der Waals surface area contributed by atoms with E-state index in [9.17, 15) is 14.4 Å². The SMILES string of the molecule is CCc1ccccc1N1C[C@H](C(=O)OCC(=O)Nc2ccc(C)c(Cl)c2)CC1=O. The number of hydrogen-bond donors (Lipinski definition) is 1. The lowest BCUT2D eigenvalue weighted by Gasteiger charge is -2.19. The van der Waals surface area contributed by atoms with Crippen LogP contribution in [-0.4, -0.2) is 30.9 Å². The Kier molecular flexibility index (Phi) is 6.54. The second-order valence-electron chi connectivity index (χ2n) is 7.01. The normalized spacial score (nSPS) is 16.0. The molecule has 2 aromatic rings. The molecule has 0 saturated carbocycles. The molecule has 1 fully saturated rings. The van der Waals surface area contributed by atoms with E-state index in [1.54, 1.807) is 23.1 Å². The Hall–Kier alpha value is -2.86. The van der Waals surface area contributed by atoms with E-state index < -0.39 is 24.4 Å². The molecule has 1 saturated heterocycles. The van der Waals surface area contributed by atoms with Gasteiger partial charge in [0.15, 0.2) is 6.61 Å². The van der Waals surface area contributed by atoms with Crippen LogP contribution in [0.1, 0.15) is 24.5 Å². The summed E-state index contributed by atoms with van der Waals surface area (Å²) >= 11 is 6.04. The lowest BCUT2D eigenvalue weighted by atomic mass is 10.1. The van der Waals surface area contributed by atoms with Crippen molar-refractivity contribution in [1.82, 2.24) is 0 Å². The van der Waals surface area contributed by atoms with Gasteiger partial charge in [-0.2, -0.15) is 0 Å². The summed E-state index contributed by atoms with van der Waals surface area (Å²) in [5.74, 6) is -1.72. The van der Waals surface area contributed by atoms with E-state index in [0.29, 0.717) is 10.7 Å². The van der Waals surface area contributed by atoms with E-state index in [1.807, 2.05) is 38.1 Å². The fourth-order valence-corrected chi connectivity index (χ4v) is 3.47. The van der Waals surface area contributed by atoms with Gasteiger partial charge in [0.2, 0.25) is 5.91 Å². The highest BCUT2D eigenvalue weighted by Crippen LogP contribution is 2.29. The van der Waals surface area contributed by atoms with Crippen LogP contribution in [0.15, 0.2) is 42.5 Å². The number of amides is 2. The maximum absolute atomic E-state index is 12.4. The fourth-order valence-electron chi connectivity index (χ4n) is 3.29. The standard InChI is InChI=1S/C22H23ClN2O4/c1-3-15-6-4-5-7-19(15)25-12-16(10-21(25)27)22(28)29-13-20(26)24-17-9-8-14(2)18(23)11-17/h4-9,11,16H,3,10,12-13H2,1-2H3,(H,24,26)/t16-/m1/s1. The van der Waals surface area contributed by atoms with Crippen molar-refractivity contribution in [2.24, 2.45) is 5.92 Å². The first-order valence-electron chi connectivity index (χ1n) is 9.50. The number of para-hydroxylation sites is 1. The Labute approximate surface area is 174 Å². The van der Waals surface area contributed by atoms with Crippen molar-refractivity contribution < 1.29 is 19.1 Å². The summed E-state index contributed by atoms with van der Waals surface area (Å²) in [6.07, 6.45) is 0.865. The molecular weight excluding hydrogens is 392 g/mol. The van der Waals surface area contributed by atoms with Crippen molar-refractivity contribution in [2.75, 3.05) is 23.4 Å². The van der Waals surface area contributed by atoms with E-state index in [1.165, 1.54) is 0 Å². The van der Waals surface area contributed by atoms with Crippen LogP contribution in [0.4, 0.5) is 11.4 Å². The molecule has 1 aliphatic rings. The molecule has 0 bridgehead atoms. The first-order chi connectivity index (χ1) is 13.9. The first-order valence-corrected chi connectivity index (χ1v) is 9.87. The average molecular weight is 415 g/mol. The van der Waals surface area contributed by atoms with Crippen LogP contribution in [-0.2, 0) is 25.5 Å². The number of carbonyl (C=O) groups excluding carboxylic acids is 3. The maximum atomic E-state index is 12.4. The van der Waals surface area contributed by atoms with Gasteiger partial charge in [0, 0.05) is 29.4 Å². The summed E-state index contributed by atoms with van der Waals surface area (Å²) in [7, 11) is 0. The minimum Gasteiger partial charge on any atom is -0.455 e. The molecule has 3 rings (SSSR count). The van der Waals surface area contributed by atoms with Gasteiger partial charge in [-0.3, -0.25) is 14.4 Å². The molecule has 2 aromatic carbocycles. The second-order valence-corrected chi connectivity index (χ2v) is 7.41. The zero-order valence-electron chi connectivity index (χ0n) is 16.4. The number of halogens is 1. The zero-order chi connectivity index (χ0) is 21.0. The number of rotatable bonds is 6. The van der Waals surface area contributed by atoms with Crippen LogP contribution in [0.2, 0.25) is 5.02 Å². The first kappa shape index (κ1) is 20.9. The predicted octanol–water partition coefficient (Wildman–Crippen LogP) is 3.75. The van der Waals surface area contributed by atoms with Crippen molar-refractivity contribution in [2.45, 2.75) is 26.7 Å². The van der Waals surface area contributed by atoms with E-state index in [2.05, 4.69) is 5.32 Å². The van der Waals surface area contributed by atoms with Crippen LogP contribution in [0.5, 0.6) is 0 Å². The molecule has 29 heavy (non-hydrogen) atoms. The number of esters is 1. The van der Waals surface area contributed by atoms with Crippen LogP contribution in [0, 0.1) is 12.8 Å². The lowest BCUT2D eigenvalue weighted by molar-refractivity contribution is -0.151. The Morgan fingerprint density at radius 3 is 2.72 bits per heavy atom. The lowest BCUT2D eigenvalue weighted by Crippen LogP contribution is -2.28. The van der Waals surface area contributed by atoms with Crippen molar-refractivity contribution in [1.29, 1.82) is 0 Å². The largest absolute Gasteiger partial charge is 0.455 e. The molecule has 1 atom stereocenters. The third-order valence-electron chi connectivity index (χ3n) is 4.92. The summed E-state index contributed by atoms with van der Waals surface area (Å²) in [6, 6.07) is 12.8. The number of benzene rings is 2. The Morgan fingerprint density at radius 2 is 2.00 bits per heavy atom. The predicted molar refractivity (Wildman–Crippen MR) is 112 cm³/mol. The number of nitrogens with one attached hydrogen (secondary N) is 1. The zero-order valence-corrected chi connectivity index (χ0v) is 17.2. The van der Waals surface area contributed by atoms with E-state index in [-0.39, 0.29) is 18.9 Å². The van der Waals surface area contributed by atoms with Crippen molar-refractivity contribution in [3.05, 3.63) is 58.6 Å². The number of aryl methyl sites for hydroxylation is 2. The minimum atomic E-state index is -0.589. The average Bonchev–Trinajstić information content (AvgIpc) is 3.10. The van der Waals surface area contributed by atoms with Gasteiger partial charge in [-0.05, 0) is 42.7 Å². The Morgan fingerprint density at radius 1 is 1.24 bits per heavy atom. The van der Waals surface area contributed by atoms with Crippen molar-refractivity contribution in [3.63, 3.8) is 0 Å². The molecule has 0 spiro atoms. The molecule has 0 unspecified atom stereocenters. The maximum Gasteiger partial charge on any atom is 0.311 e. The Balaban J connectivity index is 1.55. The number of carbonyl (C=O) groups is 3. The minimum absolute atomic E-state index is 0.0755. The number of ether oxygens (including phenoxy) is 1. The van der Waals surface area contributed by atoms with E-state index in [0.717, 1.165) is 23.2 Å². The van der Waals surface area contributed by atoms with Gasteiger partial charge >= 0.3 is 5.97 Å². The molecule has 0 aliphatic carbocycles. The summed E-state index contributed by atoms with van der Waals surface area (Å²) in [4.78, 5) is 38.5. The molecule has 6 nitrogen and oxygen atoms in total. The Bertz CT molecular complexity index is 944. The van der Waals surface area contributed by atoms with Crippen molar-refractivity contribution >= 4 is 40.8 Å². The van der Waals surface area contributed by atoms with Gasteiger partial charge < -0.3 is 15.0 Å². The molecule has 7 heteroatoms. The molecule has 1 aliphatic heterocycles. The van der Waals surface area contributed by atoms with Gasteiger partial charge in [-0.1, -0.05) is 42.8 Å². The summed E-state index contributed by atoms with van der Waals surface area (Å²) in [5.41, 5.74) is 3.30. The second kappa shape index (κ2) is 9.09. The van der Waals surface area contributed by atoms with Gasteiger partial charge in [0.25, 0.3) is 5.91 Å². The number of hydrogen-bond acceptors (Lipinski definition) is 4. The van der Waals surface area contributed by atoms with Gasteiger partial charge in [0.05, 0.1) is 5.92 Å². The van der Waals surface area contributed by atoms with Crippen LogP contribution in [0.25, 0.3) is 0 Å².